The SMILES string of the molecule is CC(C)N1CC(N)CC(CC(C)N2CCNC(CC(C)N3CCC(C)(O)CC3)CC2)C1. The van der Waals surface area contributed by atoms with Crippen molar-refractivity contribution in [2.45, 2.75) is 109 Å². The van der Waals surface area contributed by atoms with Crippen LogP contribution in [0.5, 0.6) is 0 Å². The van der Waals surface area contributed by atoms with Gasteiger partial charge >= 0.3 is 0 Å². The Bertz CT molecular complexity index is 532. The van der Waals surface area contributed by atoms with Crippen LogP contribution in [0.3, 0.4) is 0 Å². The number of piperidine rings is 2. The average Bonchev–Trinajstić information content (AvgIpc) is 2.93. The van der Waals surface area contributed by atoms with Gasteiger partial charge in [0, 0.05) is 69.5 Å². The molecule has 0 radical (unpaired) electrons. The van der Waals surface area contributed by atoms with Gasteiger partial charge in [-0.05, 0) is 85.6 Å². The third kappa shape index (κ3) is 7.65. The van der Waals surface area contributed by atoms with E-state index in [0.717, 1.165) is 51.5 Å². The molecule has 3 heterocycles. The van der Waals surface area contributed by atoms with E-state index >= 15 is 0 Å². The maximum atomic E-state index is 10.2. The summed E-state index contributed by atoms with van der Waals surface area (Å²) in [5.41, 5.74) is 5.93. The lowest BCUT2D eigenvalue weighted by Crippen LogP contribution is -2.50. The first-order chi connectivity index (χ1) is 14.6. The van der Waals surface area contributed by atoms with E-state index in [2.05, 4.69) is 47.7 Å². The molecule has 0 bridgehead atoms. The van der Waals surface area contributed by atoms with Crippen LogP contribution in [0.15, 0.2) is 0 Å². The molecule has 3 aliphatic heterocycles. The Hall–Kier alpha value is -0.240. The van der Waals surface area contributed by atoms with Crippen molar-refractivity contribution in [2.75, 3.05) is 45.8 Å². The molecule has 3 fully saturated rings. The highest BCUT2D eigenvalue weighted by Crippen LogP contribution is 2.26. The number of nitrogens with zero attached hydrogens (tertiary/aromatic N) is 3. The lowest BCUT2D eigenvalue weighted by molar-refractivity contribution is -0.0163. The van der Waals surface area contributed by atoms with Crippen LogP contribution in [0, 0.1) is 5.92 Å². The predicted molar refractivity (Wildman–Crippen MR) is 130 cm³/mol. The van der Waals surface area contributed by atoms with E-state index < -0.39 is 5.60 Å². The number of rotatable bonds is 7. The summed E-state index contributed by atoms with van der Waals surface area (Å²) in [6.07, 6.45) is 6.71. The van der Waals surface area contributed by atoms with Crippen molar-refractivity contribution in [2.24, 2.45) is 11.7 Å². The average molecular weight is 438 g/mol. The molecule has 3 aliphatic rings. The van der Waals surface area contributed by atoms with Crippen LogP contribution in [0.2, 0.25) is 0 Å². The Kier molecular flexibility index (Phi) is 9.22. The molecule has 0 amide bonds. The van der Waals surface area contributed by atoms with Gasteiger partial charge in [-0.15, -0.1) is 0 Å². The second-order valence-electron chi connectivity index (χ2n) is 11.6. The van der Waals surface area contributed by atoms with Gasteiger partial charge in [0.1, 0.15) is 0 Å². The Morgan fingerprint density at radius 3 is 2.26 bits per heavy atom. The van der Waals surface area contributed by atoms with Crippen LogP contribution in [0.4, 0.5) is 0 Å². The molecule has 0 aromatic heterocycles. The second-order valence-corrected chi connectivity index (χ2v) is 11.6. The Labute approximate surface area is 191 Å². The smallest absolute Gasteiger partial charge is 0.0644 e. The summed E-state index contributed by atoms with van der Waals surface area (Å²) in [7, 11) is 0. The molecular formula is C25H51N5O. The fraction of sp³-hybridized carbons (Fsp3) is 1.00. The molecule has 3 saturated heterocycles. The van der Waals surface area contributed by atoms with E-state index in [4.69, 9.17) is 5.73 Å². The van der Waals surface area contributed by atoms with E-state index in [0.29, 0.717) is 30.2 Å². The van der Waals surface area contributed by atoms with Crippen molar-refractivity contribution in [1.82, 2.24) is 20.0 Å². The molecule has 0 saturated carbocycles. The highest BCUT2D eigenvalue weighted by Gasteiger charge is 2.32. The van der Waals surface area contributed by atoms with E-state index in [1.54, 1.807) is 0 Å². The van der Waals surface area contributed by atoms with Gasteiger partial charge in [0.15, 0.2) is 0 Å². The van der Waals surface area contributed by atoms with Gasteiger partial charge in [0.25, 0.3) is 0 Å². The molecule has 0 aromatic rings. The van der Waals surface area contributed by atoms with E-state index in [-0.39, 0.29) is 0 Å². The summed E-state index contributed by atoms with van der Waals surface area (Å²) in [5.74, 6) is 0.726. The quantitative estimate of drug-likeness (QED) is 0.567. The molecule has 4 N–H and O–H groups in total. The first-order valence-corrected chi connectivity index (χ1v) is 13.1. The summed E-state index contributed by atoms with van der Waals surface area (Å²) in [6, 6.07) is 2.76. The zero-order chi connectivity index (χ0) is 22.6. The minimum absolute atomic E-state index is 0.337. The van der Waals surface area contributed by atoms with Crippen LogP contribution in [0.1, 0.15) is 73.1 Å². The van der Waals surface area contributed by atoms with Gasteiger partial charge in [-0.25, -0.2) is 0 Å². The number of hydrogen-bond donors (Lipinski definition) is 3. The maximum absolute atomic E-state index is 10.2. The summed E-state index contributed by atoms with van der Waals surface area (Å²) in [4.78, 5) is 7.88. The maximum Gasteiger partial charge on any atom is 0.0644 e. The fourth-order valence-electron chi connectivity index (χ4n) is 6.11. The molecule has 6 heteroatoms. The van der Waals surface area contributed by atoms with Crippen molar-refractivity contribution in [1.29, 1.82) is 0 Å². The van der Waals surface area contributed by atoms with Crippen LogP contribution >= 0.6 is 0 Å². The highest BCUT2D eigenvalue weighted by molar-refractivity contribution is 4.88. The van der Waals surface area contributed by atoms with Crippen LogP contribution < -0.4 is 11.1 Å². The minimum Gasteiger partial charge on any atom is -0.390 e. The van der Waals surface area contributed by atoms with Crippen molar-refractivity contribution in [3.63, 3.8) is 0 Å². The number of aliphatic hydroxyl groups is 1. The molecule has 0 aliphatic carbocycles. The monoisotopic (exact) mass is 437 g/mol. The predicted octanol–water partition coefficient (Wildman–Crippen LogP) is 2.11. The summed E-state index contributed by atoms with van der Waals surface area (Å²) in [6.45, 7) is 19.2. The zero-order valence-corrected chi connectivity index (χ0v) is 21.0. The van der Waals surface area contributed by atoms with Crippen LogP contribution in [-0.2, 0) is 0 Å². The van der Waals surface area contributed by atoms with Gasteiger partial charge in [0.2, 0.25) is 0 Å². The van der Waals surface area contributed by atoms with Crippen molar-refractivity contribution < 1.29 is 5.11 Å². The van der Waals surface area contributed by atoms with Crippen LogP contribution in [-0.4, -0.2) is 101 Å². The Balaban J connectivity index is 1.43. The summed E-state index contributed by atoms with van der Waals surface area (Å²) in [5, 5.41) is 14.1. The molecule has 0 spiro atoms. The molecule has 31 heavy (non-hydrogen) atoms. The molecule has 5 unspecified atom stereocenters. The van der Waals surface area contributed by atoms with Gasteiger partial charge in [-0.3, -0.25) is 9.80 Å². The van der Waals surface area contributed by atoms with E-state index in [1.165, 1.54) is 38.8 Å². The number of likely N-dealkylation sites (tertiary alicyclic amines) is 2. The topological polar surface area (TPSA) is 68.0 Å². The van der Waals surface area contributed by atoms with Gasteiger partial charge in [-0.2, -0.15) is 0 Å². The van der Waals surface area contributed by atoms with Crippen LogP contribution in [0.25, 0.3) is 0 Å². The third-order valence-corrected chi connectivity index (χ3v) is 8.35. The Morgan fingerprint density at radius 1 is 0.935 bits per heavy atom. The standard InChI is InChI=1S/C25H51N5O/c1-19(2)30-17-22(16-23(26)18-30)14-20(3)28-10-6-24(27-9-13-28)15-21(4)29-11-7-25(5,31)8-12-29/h19-24,27,31H,6-18,26H2,1-5H3. The lowest BCUT2D eigenvalue weighted by Gasteiger charge is -2.41. The summed E-state index contributed by atoms with van der Waals surface area (Å²) < 4.78 is 0. The first-order valence-electron chi connectivity index (χ1n) is 13.1. The molecule has 5 atom stereocenters. The first kappa shape index (κ1) is 25.4. The molecule has 3 rings (SSSR count). The van der Waals surface area contributed by atoms with Crippen molar-refractivity contribution in [3.05, 3.63) is 0 Å². The molecule has 0 aromatic carbocycles. The highest BCUT2D eigenvalue weighted by atomic mass is 16.3. The molecule has 182 valence electrons. The van der Waals surface area contributed by atoms with E-state index in [9.17, 15) is 5.11 Å². The number of hydrogen-bond acceptors (Lipinski definition) is 6. The normalized spacial score (nSPS) is 33.9. The number of nitrogens with one attached hydrogen (secondary N) is 1. The second kappa shape index (κ2) is 11.3. The Morgan fingerprint density at radius 2 is 1.58 bits per heavy atom. The van der Waals surface area contributed by atoms with Crippen molar-refractivity contribution >= 4 is 0 Å². The zero-order valence-electron chi connectivity index (χ0n) is 21.0. The molecular weight excluding hydrogens is 386 g/mol. The minimum atomic E-state index is -0.456. The third-order valence-electron chi connectivity index (χ3n) is 8.35. The van der Waals surface area contributed by atoms with Gasteiger partial charge in [0.05, 0.1) is 5.60 Å². The lowest BCUT2D eigenvalue weighted by atomic mass is 9.88. The van der Waals surface area contributed by atoms with Gasteiger partial charge in [-0.1, -0.05) is 0 Å². The fourth-order valence-corrected chi connectivity index (χ4v) is 6.11. The van der Waals surface area contributed by atoms with Gasteiger partial charge < -0.3 is 21.1 Å². The van der Waals surface area contributed by atoms with E-state index in [1.807, 2.05) is 6.92 Å². The van der Waals surface area contributed by atoms with Crippen molar-refractivity contribution in [3.8, 4) is 0 Å². The summed E-state index contributed by atoms with van der Waals surface area (Å²) >= 11 is 0. The largest absolute Gasteiger partial charge is 0.390 e. The number of nitrogens with two attached hydrogens (primary N) is 1. The molecule has 6 nitrogen and oxygen atoms in total.